The largest absolute Gasteiger partial charge is 0.490 e. The predicted octanol–water partition coefficient (Wildman–Crippen LogP) is 8.31. The molecule has 3 heteroatoms. The molecule has 3 nitrogen and oxygen atoms in total. The van der Waals surface area contributed by atoms with Gasteiger partial charge in [-0.2, -0.15) is 0 Å². The van der Waals surface area contributed by atoms with Crippen molar-refractivity contribution in [2.24, 2.45) is 10.8 Å². The van der Waals surface area contributed by atoms with Crippen molar-refractivity contribution in [2.75, 3.05) is 0 Å². The van der Waals surface area contributed by atoms with Gasteiger partial charge in [-0.3, -0.25) is 0 Å². The number of rotatable bonds is 0. The van der Waals surface area contributed by atoms with Crippen LogP contribution in [0.4, 0.5) is 0 Å². The summed E-state index contributed by atoms with van der Waals surface area (Å²) in [7, 11) is 0. The van der Waals surface area contributed by atoms with Gasteiger partial charge in [0.2, 0.25) is 6.29 Å². The van der Waals surface area contributed by atoms with E-state index < -0.39 is 0 Å². The zero-order chi connectivity index (χ0) is 23.7. The second-order valence-electron chi connectivity index (χ2n) is 9.50. The molecule has 4 rings (SSSR count). The number of hydrogen-bond donors (Lipinski definition) is 0. The van der Waals surface area contributed by atoms with Crippen LogP contribution in [0.2, 0.25) is 0 Å². The molecule has 2 aliphatic rings. The lowest BCUT2D eigenvalue weighted by Gasteiger charge is -2.35. The zero-order valence-corrected chi connectivity index (χ0v) is 21.4. The Bertz CT molecular complexity index is 743. The Balaban J connectivity index is 0.000000268. The fourth-order valence-electron chi connectivity index (χ4n) is 3.19. The Morgan fingerprint density at radius 1 is 0.613 bits per heavy atom. The monoisotopic (exact) mass is 428 g/mol. The molecule has 0 amide bonds. The molecule has 0 radical (unpaired) electrons. The third-order valence-electron chi connectivity index (χ3n) is 4.91. The quantitative estimate of drug-likeness (QED) is 0.422. The molecule has 31 heavy (non-hydrogen) atoms. The number of para-hydroxylation sites is 3. The van der Waals surface area contributed by atoms with E-state index >= 15 is 0 Å². The fraction of sp³-hybridized carbons (Fsp3) is 0.571. The highest BCUT2D eigenvalue weighted by Crippen LogP contribution is 2.39. The molecule has 0 saturated heterocycles. The molecular formula is C28H44O3. The number of ether oxygens (including phenoxy) is 3. The van der Waals surface area contributed by atoms with Crippen LogP contribution in [0.3, 0.4) is 0 Å². The van der Waals surface area contributed by atoms with E-state index in [0.29, 0.717) is 6.10 Å². The Morgan fingerprint density at radius 2 is 1.06 bits per heavy atom. The summed E-state index contributed by atoms with van der Waals surface area (Å²) in [6.07, 6.45) is 2.49. The van der Waals surface area contributed by atoms with Crippen LogP contribution in [0.5, 0.6) is 17.2 Å². The van der Waals surface area contributed by atoms with Gasteiger partial charge in [0.25, 0.3) is 0 Å². The third kappa shape index (κ3) is 7.79. The van der Waals surface area contributed by atoms with Gasteiger partial charge in [-0.05, 0) is 42.0 Å². The van der Waals surface area contributed by atoms with Crippen LogP contribution in [0, 0.1) is 10.8 Å². The van der Waals surface area contributed by atoms with E-state index in [1.54, 1.807) is 0 Å². The standard InChI is InChI=1S/C13H18O.C11H14O2.2C2H6/c1-13(2,3)12-9-8-10-6-4-5-7-11(10)14-12;1-11(2,3)10-12-8-6-4-5-7-9(8)13-10;2*1-2/h4-7,12H,8-9H2,1-3H3;4-7,10H,1-3H3;2*1-2H3. The molecule has 0 saturated carbocycles. The third-order valence-corrected chi connectivity index (χ3v) is 4.91. The Morgan fingerprint density at radius 3 is 1.52 bits per heavy atom. The van der Waals surface area contributed by atoms with Crippen LogP contribution in [0.25, 0.3) is 0 Å². The molecule has 2 aromatic carbocycles. The smallest absolute Gasteiger partial charge is 0.246 e. The average Bonchev–Trinajstić information content (AvgIpc) is 3.21. The first-order chi connectivity index (χ1) is 14.6. The molecular weight excluding hydrogens is 384 g/mol. The molecule has 0 aliphatic carbocycles. The highest BCUT2D eigenvalue weighted by molar-refractivity contribution is 5.42. The first kappa shape index (κ1) is 26.9. The van der Waals surface area contributed by atoms with Crippen LogP contribution < -0.4 is 14.2 Å². The second kappa shape index (κ2) is 12.0. The molecule has 0 spiro atoms. The summed E-state index contributed by atoms with van der Waals surface area (Å²) in [6, 6.07) is 16.1. The molecule has 1 unspecified atom stereocenters. The fourth-order valence-corrected chi connectivity index (χ4v) is 3.19. The molecule has 2 aromatic rings. The molecule has 0 N–H and O–H groups in total. The molecule has 0 bridgehead atoms. The van der Waals surface area contributed by atoms with Gasteiger partial charge in [0.15, 0.2) is 11.5 Å². The Hall–Kier alpha value is -2.16. The molecule has 1 atom stereocenters. The van der Waals surface area contributed by atoms with Crippen LogP contribution in [0.1, 0.15) is 81.2 Å². The zero-order valence-electron chi connectivity index (χ0n) is 21.4. The molecule has 2 heterocycles. The molecule has 0 aromatic heterocycles. The van der Waals surface area contributed by atoms with Crippen LogP contribution in [0.15, 0.2) is 48.5 Å². The first-order valence-corrected chi connectivity index (χ1v) is 11.8. The topological polar surface area (TPSA) is 27.7 Å². The van der Waals surface area contributed by atoms with Crippen molar-refractivity contribution < 1.29 is 14.2 Å². The van der Waals surface area contributed by atoms with Crippen molar-refractivity contribution in [3.05, 3.63) is 54.1 Å². The van der Waals surface area contributed by atoms with E-state index in [2.05, 4.69) is 59.7 Å². The maximum absolute atomic E-state index is 6.00. The van der Waals surface area contributed by atoms with Gasteiger partial charge in [-0.15, -0.1) is 0 Å². The van der Waals surface area contributed by atoms with Crippen LogP contribution >= 0.6 is 0 Å². The highest BCUT2D eigenvalue weighted by atomic mass is 16.7. The Kier molecular flexibility index (Phi) is 10.4. The van der Waals surface area contributed by atoms with Gasteiger partial charge >= 0.3 is 0 Å². The van der Waals surface area contributed by atoms with Crippen LogP contribution in [-0.4, -0.2) is 12.4 Å². The molecule has 2 aliphatic heterocycles. The average molecular weight is 429 g/mol. The lowest BCUT2D eigenvalue weighted by molar-refractivity contribution is -0.0396. The lowest BCUT2D eigenvalue weighted by Crippen LogP contribution is -2.35. The van der Waals surface area contributed by atoms with E-state index in [1.807, 2.05) is 58.0 Å². The van der Waals surface area contributed by atoms with E-state index in [1.165, 1.54) is 5.56 Å². The lowest BCUT2D eigenvalue weighted by atomic mass is 9.84. The summed E-state index contributed by atoms with van der Waals surface area (Å²) < 4.78 is 17.3. The summed E-state index contributed by atoms with van der Waals surface area (Å²) in [5.74, 6) is 2.78. The minimum atomic E-state index is -0.162. The van der Waals surface area contributed by atoms with Gasteiger partial charge in [0, 0.05) is 5.41 Å². The summed E-state index contributed by atoms with van der Waals surface area (Å²) in [4.78, 5) is 0. The number of fused-ring (bicyclic) bond motifs is 2. The summed E-state index contributed by atoms with van der Waals surface area (Å²) in [5, 5.41) is 0. The second-order valence-corrected chi connectivity index (χ2v) is 9.50. The van der Waals surface area contributed by atoms with Gasteiger partial charge in [-0.25, -0.2) is 0 Å². The van der Waals surface area contributed by atoms with E-state index in [9.17, 15) is 0 Å². The number of aryl methyl sites for hydroxylation is 1. The maximum atomic E-state index is 6.00. The Labute approximate surface area is 191 Å². The molecule has 0 fully saturated rings. The predicted molar refractivity (Wildman–Crippen MR) is 132 cm³/mol. The highest BCUT2D eigenvalue weighted by Gasteiger charge is 2.34. The maximum Gasteiger partial charge on any atom is 0.246 e. The minimum Gasteiger partial charge on any atom is -0.490 e. The minimum absolute atomic E-state index is 0.0129. The van der Waals surface area contributed by atoms with Crippen molar-refractivity contribution in [3.63, 3.8) is 0 Å². The molecule has 174 valence electrons. The van der Waals surface area contributed by atoms with E-state index in [0.717, 1.165) is 30.1 Å². The number of benzene rings is 2. The number of hydrogen-bond acceptors (Lipinski definition) is 3. The van der Waals surface area contributed by atoms with Crippen molar-refractivity contribution in [2.45, 2.75) is 94.5 Å². The van der Waals surface area contributed by atoms with Gasteiger partial charge in [-0.1, -0.05) is 99.6 Å². The first-order valence-electron chi connectivity index (χ1n) is 11.8. The summed E-state index contributed by atoms with van der Waals surface area (Å²) in [6.45, 7) is 21.0. The summed E-state index contributed by atoms with van der Waals surface area (Å²) in [5.41, 5.74) is 1.61. The van der Waals surface area contributed by atoms with Crippen molar-refractivity contribution in [1.29, 1.82) is 0 Å². The van der Waals surface area contributed by atoms with Gasteiger partial charge in [0.05, 0.1) is 0 Å². The van der Waals surface area contributed by atoms with Crippen molar-refractivity contribution in [1.82, 2.24) is 0 Å². The normalized spacial score (nSPS) is 16.8. The van der Waals surface area contributed by atoms with Gasteiger partial charge in [0.1, 0.15) is 11.9 Å². The van der Waals surface area contributed by atoms with Crippen molar-refractivity contribution >= 4 is 0 Å². The van der Waals surface area contributed by atoms with Crippen LogP contribution in [-0.2, 0) is 6.42 Å². The van der Waals surface area contributed by atoms with Crippen molar-refractivity contribution in [3.8, 4) is 17.2 Å². The van der Waals surface area contributed by atoms with E-state index in [4.69, 9.17) is 14.2 Å². The van der Waals surface area contributed by atoms with E-state index in [-0.39, 0.29) is 17.1 Å². The summed E-state index contributed by atoms with van der Waals surface area (Å²) >= 11 is 0. The SMILES string of the molecule is CC.CC.CC(C)(C)C1CCc2ccccc2O1.CC(C)(C)C1Oc2ccccc2O1. The van der Waals surface area contributed by atoms with Gasteiger partial charge < -0.3 is 14.2 Å².